The highest BCUT2D eigenvalue weighted by atomic mass is 32.2. The summed E-state index contributed by atoms with van der Waals surface area (Å²) in [6.45, 7) is 8.25. The molecule has 0 spiro atoms. The number of aromatic nitrogens is 3. The van der Waals surface area contributed by atoms with Gasteiger partial charge in [-0.25, -0.2) is 4.68 Å². The molecule has 0 fully saturated rings. The number of carbonyl (C=O) groups is 1. The minimum absolute atomic E-state index is 0.0451. The molecule has 2 atom stereocenters. The second-order valence-corrected chi connectivity index (χ2v) is 8.74. The van der Waals surface area contributed by atoms with Gasteiger partial charge < -0.3 is 10.7 Å². The van der Waals surface area contributed by atoms with Crippen LogP contribution in [-0.2, 0) is 17.6 Å². The van der Waals surface area contributed by atoms with E-state index in [2.05, 4.69) is 58.2 Å². The van der Waals surface area contributed by atoms with Crippen LogP contribution < -0.4 is 10.7 Å². The average molecular weight is 422 g/mol. The molecule has 156 valence electrons. The molecule has 2 aromatic carbocycles. The zero-order chi connectivity index (χ0) is 21.3. The molecule has 2 N–H and O–H groups in total. The van der Waals surface area contributed by atoms with Gasteiger partial charge in [0, 0.05) is 12.1 Å². The molecule has 7 heteroatoms. The fourth-order valence-corrected chi connectivity index (χ4v) is 4.79. The van der Waals surface area contributed by atoms with Gasteiger partial charge in [-0.2, -0.15) is 0 Å². The summed E-state index contributed by atoms with van der Waals surface area (Å²) in [5.41, 5.74) is 8.92. The Morgan fingerprint density at radius 3 is 2.53 bits per heavy atom. The van der Waals surface area contributed by atoms with Gasteiger partial charge in [-0.05, 0) is 43.0 Å². The summed E-state index contributed by atoms with van der Waals surface area (Å²) in [4.78, 5) is 13.4. The quantitative estimate of drug-likeness (QED) is 0.638. The van der Waals surface area contributed by atoms with Crippen LogP contribution in [-0.4, -0.2) is 26.0 Å². The maximum Gasteiger partial charge on any atom is 0.240 e. The molecule has 0 radical (unpaired) electrons. The smallest absolute Gasteiger partial charge is 0.240 e. The summed E-state index contributed by atoms with van der Waals surface area (Å²) in [5.74, 6) is 0.817. The molecule has 1 aliphatic rings. The molecule has 0 saturated carbocycles. The van der Waals surface area contributed by atoms with Gasteiger partial charge in [0.05, 0.1) is 6.04 Å². The number of anilines is 1. The monoisotopic (exact) mass is 421 g/mol. The first-order valence-electron chi connectivity index (χ1n) is 10.3. The van der Waals surface area contributed by atoms with Crippen LogP contribution in [0, 0.1) is 13.8 Å². The van der Waals surface area contributed by atoms with Crippen molar-refractivity contribution in [2.24, 2.45) is 0 Å². The van der Waals surface area contributed by atoms with Crippen LogP contribution in [0.1, 0.15) is 48.0 Å². The fourth-order valence-electron chi connectivity index (χ4n) is 3.70. The Bertz CT molecular complexity index is 1060. The second kappa shape index (κ2) is 8.52. The number of hydrogen-bond acceptors (Lipinski definition) is 5. The Hall–Kier alpha value is -2.80. The maximum absolute atomic E-state index is 13.4. The lowest BCUT2D eigenvalue weighted by molar-refractivity contribution is -0.116. The minimum Gasteiger partial charge on any atom is -0.325 e. The highest BCUT2D eigenvalue weighted by Gasteiger charge is 2.37. The van der Waals surface area contributed by atoms with Crippen LogP contribution in [0.4, 0.5) is 5.69 Å². The lowest BCUT2D eigenvalue weighted by Crippen LogP contribution is -2.41. The van der Waals surface area contributed by atoms with Gasteiger partial charge in [-0.15, -0.1) is 10.2 Å². The fraction of sp³-hybridized carbons (Fsp3) is 0.348. The number of aryl methyl sites for hydroxylation is 4. The highest BCUT2D eigenvalue weighted by Crippen LogP contribution is 2.38. The number of carbonyl (C=O) groups excluding carboxylic acids is 1. The van der Waals surface area contributed by atoms with Crippen LogP contribution in [0.5, 0.6) is 0 Å². The first-order valence-corrected chi connectivity index (χ1v) is 11.2. The van der Waals surface area contributed by atoms with E-state index in [4.69, 9.17) is 0 Å². The Morgan fingerprint density at radius 2 is 1.87 bits per heavy atom. The van der Waals surface area contributed by atoms with E-state index in [9.17, 15) is 4.79 Å². The molecule has 30 heavy (non-hydrogen) atoms. The number of benzene rings is 2. The van der Waals surface area contributed by atoms with Gasteiger partial charge in [0.15, 0.2) is 5.82 Å². The van der Waals surface area contributed by atoms with Crippen LogP contribution in [0.25, 0.3) is 0 Å². The van der Waals surface area contributed by atoms with E-state index >= 15 is 0 Å². The third kappa shape index (κ3) is 3.94. The molecular weight excluding hydrogens is 394 g/mol. The van der Waals surface area contributed by atoms with Crippen LogP contribution in [0.2, 0.25) is 0 Å². The van der Waals surface area contributed by atoms with Gasteiger partial charge in [0.25, 0.3) is 0 Å². The molecule has 1 aromatic heterocycles. The number of hydrogen-bond donors (Lipinski definition) is 2. The van der Waals surface area contributed by atoms with Crippen molar-refractivity contribution in [2.75, 3.05) is 10.7 Å². The van der Waals surface area contributed by atoms with Crippen LogP contribution in [0.15, 0.2) is 47.6 Å². The van der Waals surface area contributed by atoms with Crippen molar-refractivity contribution in [1.29, 1.82) is 0 Å². The molecular formula is C23H27N5OS. The number of nitrogens with one attached hydrogen (secondary N) is 2. The van der Waals surface area contributed by atoms with Crippen molar-refractivity contribution in [3.8, 4) is 0 Å². The van der Waals surface area contributed by atoms with E-state index in [0.717, 1.165) is 35.5 Å². The predicted octanol–water partition coefficient (Wildman–Crippen LogP) is 4.42. The molecule has 0 saturated heterocycles. The number of amides is 1. The van der Waals surface area contributed by atoms with Crippen molar-refractivity contribution in [2.45, 2.75) is 57.0 Å². The first-order chi connectivity index (χ1) is 14.5. The lowest BCUT2D eigenvalue weighted by atomic mass is 10.0. The summed E-state index contributed by atoms with van der Waals surface area (Å²) in [6.07, 6.45) is 1.75. The van der Waals surface area contributed by atoms with E-state index in [-0.39, 0.29) is 17.2 Å². The molecule has 3 aromatic rings. The van der Waals surface area contributed by atoms with Gasteiger partial charge in [-0.3, -0.25) is 4.79 Å². The minimum atomic E-state index is -0.375. The topological polar surface area (TPSA) is 71.8 Å². The third-order valence-electron chi connectivity index (χ3n) is 5.47. The largest absolute Gasteiger partial charge is 0.325 e. The van der Waals surface area contributed by atoms with E-state index < -0.39 is 0 Å². The van der Waals surface area contributed by atoms with Gasteiger partial charge in [0.1, 0.15) is 5.25 Å². The van der Waals surface area contributed by atoms with Crippen LogP contribution >= 0.6 is 11.8 Å². The molecule has 1 amide bonds. The average Bonchev–Trinajstić information content (AvgIpc) is 3.17. The zero-order valence-electron chi connectivity index (χ0n) is 17.8. The summed E-state index contributed by atoms with van der Waals surface area (Å²) in [7, 11) is 0. The number of thioether (sulfide) groups is 1. The highest BCUT2D eigenvalue weighted by molar-refractivity contribution is 8.00. The van der Waals surface area contributed by atoms with Gasteiger partial charge >= 0.3 is 0 Å². The molecule has 2 heterocycles. The summed E-state index contributed by atoms with van der Waals surface area (Å²) in [6, 6.07) is 14.3. The van der Waals surface area contributed by atoms with E-state index in [0.29, 0.717) is 5.16 Å². The van der Waals surface area contributed by atoms with Crippen molar-refractivity contribution < 1.29 is 4.79 Å². The standard InChI is InChI=1S/C23H27N5OS/c1-5-16-8-10-17(11-9-16)20-21(30-23-26-25-19(6-2)28(23)27-20)22(29)24-18-12-7-14(3)13-15(18)4/h7-13,20-21,27H,5-6H2,1-4H3,(H,24,29)/t20-,21+/m1/s1. The number of rotatable bonds is 5. The normalized spacial score (nSPS) is 17.9. The van der Waals surface area contributed by atoms with Crippen LogP contribution in [0.3, 0.4) is 0 Å². The van der Waals surface area contributed by atoms with Gasteiger partial charge in [0.2, 0.25) is 11.1 Å². The Morgan fingerprint density at radius 1 is 1.10 bits per heavy atom. The van der Waals surface area contributed by atoms with Gasteiger partial charge in [-0.1, -0.05) is 67.6 Å². The first kappa shape index (κ1) is 20.5. The third-order valence-corrected chi connectivity index (χ3v) is 6.68. The Balaban J connectivity index is 1.67. The van der Waals surface area contributed by atoms with E-state index in [1.165, 1.54) is 22.9 Å². The zero-order valence-corrected chi connectivity index (χ0v) is 18.6. The SMILES string of the molecule is CCc1ccc([C@H]2Nn3c(CC)nnc3S[C@@H]2C(=O)Nc2ccc(C)cc2C)cc1. The summed E-state index contributed by atoms with van der Waals surface area (Å²) in [5, 5.41) is 12.0. The van der Waals surface area contributed by atoms with Crippen molar-refractivity contribution in [3.63, 3.8) is 0 Å². The lowest BCUT2D eigenvalue weighted by Gasteiger charge is -2.33. The Kier molecular flexibility index (Phi) is 5.81. The molecule has 0 bridgehead atoms. The molecule has 6 nitrogen and oxygen atoms in total. The summed E-state index contributed by atoms with van der Waals surface area (Å²) < 4.78 is 1.92. The number of fused-ring (bicyclic) bond motifs is 1. The van der Waals surface area contributed by atoms with Crippen molar-refractivity contribution >= 4 is 23.4 Å². The maximum atomic E-state index is 13.4. The van der Waals surface area contributed by atoms with E-state index in [1.54, 1.807) is 0 Å². The van der Waals surface area contributed by atoms with Crippen molar-refractivity contribution in [1.82, 2.24) is 14.9 Å². The molecule has 1 aliphatic heterocycles. The molecule has 0 unspecified atom stereocenters. The number of nitrogens with zero attached hydrogens (tertiary/aromatic N) is 3. The Labute approximate surface area is 181 Å². The second-order valence-electron chi connectivity index (χ2n) is 7.64. The summed E-state index contributed by atoms with van der Waals surface area (Å²) >= 11 is 1.46. The molecule has 4 rings (SSSR count). The van der Waals surface area contributed by atoms with E-state index in [1.807, 2.05) is 37.6 Å². The van der Waals surface area contributed by atoms with Crippen molar-refractivity contribution in [3.05, 3.63) is 70.5 Å². The molecule has 0 aliphatic carbocycles. The predicted molar refractivity (Wildman–Crippen MR) is 122 cm³/mol.